The van der Waals surface area contributed by atoms with Crippen LogP contribution in [0.2, 0.25) is 0 Å². The van der Waals surface area contributed by atoms with Crippen LogP contribution in [0.5, 0.6) is 0 Å². The number of amides is 3. The molecule has 0 saturated carbocycles. The van der Waals surface area contributed by atoms with Gasteiger partial charge < -0.3 is 25.6 Å². The molecule has 2 heterocycles. The highest BCUT2D eigenvalue weighted by Crippen LogP contribution is 2.28. The van der Waals surface area contributed by atoms with Crippen molar-refractivity contribution in [1.29, 1.82) is 0 Å². The molecule has 0 bridgehead atoms. The average Bonchev–Trinajstić information content (AvgIpc) is 3.42. The summed E-state index contributed by atoms with van der Waals surface area (Å²) in [5.41, 5.74) is 4.06. The average molecular weight is 480 g/mol. The number of carbonyl (C=O) groups excluding carboxylic acids is 2. The van der Waals surface area contributed by atoms with Gasteiger partial charge in [0, 0.05) is 49.8 Å². The van der Waals surface area contributed by atoms with Crippen molar-refractivity contribution in [3.63, 3.8) is 0 Å². The number of ether oxygens (including phenoxy) is 1. The number of rotatable bonds is 9. The van der Waals surface area contributed by atoms with Crippen molar-refractivity contribution in [2.24, 2.45) is 0 Å². The van der Waals surface area contributed by atoms with Crippen molar-refractivity contribution in [2.75, 3.05) is 68.0 Å². The van der Waals surface area contributed by atoms with E-state index >= 15 is 0 Å². The summed E-state index contributed by atoms with van der Waals surface area (Å²) < 4.78 is 5.39. The lowest BCUT2D eigenvalue weighted by Crippen LogP contribution is -2.38. The Kier molecular flexibility index (Phi) is 8.97. The molecule has 0 radical (unpaired) electrons. The zero-order valence-corrected chi connectivity index (χ0v) is 20.6. The minimum absolute atomic E-state index is 0.104. The molecule has 2 aliphatic rings. The van der Waals surface area contributed by atoms with Crippen LogP contribution >= 0.6 is 0 Å². The first kappa shape index (κ1) is 25.0. The SMILES string of the molecule is CCc1ccc(NC(=O)Nc2ccc(N3CCCC3)c(C(=O)NCCCN3CCOCC3)c2)cc1. The van der Waals surface area contributed by atoms with Gasteiger partial charge in [0.15, 0.2) is 0 Å². The highest BCUT2D eigenvalue weighted by atomic mass is 16.5. The van der Waals surface area contributed by atoms with E-state index in [2.05, 4.69) is 32.7 Å². The molecular weight excluding hydrogens is 442 g/mol. The lowest BCUT2D eigenvalue weighted by molar-refractivity contribution is 0.0374. The summed E-state index contributed by atoms with van der Waals surface area (Å²) in [6.45, 7) is 9.00. The second-order valence-corrected chi connectivity index (χ2v) is 9.12. The van der Waals surface area contributed by atoms with Crippen LogP contribution < -0.4 is 20.9 Å². The zero-order valence-electron chi connectivity index (χ0n) is 20.6. The second-order valence-electron chi connectivity index (χ2n) is 9.12. The number of nitrogens with zero attached hydrogens (tertiary/aromatic N) is 2. The molecule has 2 fully saturated rings. The van der Waals surface area contributed by atoms with Crippen molar-refractivity contribution < 1.29 is 14.3 Å². The summed E-state index contributed by atoms with van der Waals surface area (Å²) >= 11 is 0. The topological polar surface area (TPSA) is 85.9 Å². The molecule has 2 aromatic rings. The Bertz CT molecular complexity index is 983. The molecule has 2 saturated heterocycles. The lowest BCUT2D eigenvalue weighted by Gasteiger charge is -2.26. The Balaban J connectivity index is 1.38. The first-order valence-electron chi connectivity index (χ1n) is 12.8. The van der Waals surface area contributed by atoms with Crippen LogP contribution in [0.1, 0.15) is 42.1 Å². The third-order valence-electron chi connectivity index (χ3n) is 6.61. The van der Waals surface area contributed by atoms with Gasteiger partial charge in [0.1, 0.15) is 0 Å². The van der Waals surface area contributed by atoms with Crippen LogP contribution in [0.4, 0.5) is 21.9 Å². The quantitative estimate of drug-likeness (QED) is 0.474. The van der Waals surface area contributed by atoms with Crippen LogP contribution in [-0.2, 0) is 11.2 Å². The summed E-state index contributed by atoms with van der Waals surface area (Å²) in [5.74, 6) is -0.104. The van der Waals surface area contributed by atoms with Crippen LogP contribution in [0.25, 0.3) is 0 Å². The predicted molar refractivity (Wildman–Crippen MR) is 141 cm³/mol. The molecule has 0 unspecified atom stereocenters. The van der Waals surface area contributed by atoms with Gasteiger partial charge in [-0.1, -0.05) is 19.1 Å². The summed E-state index contributed by atoms with van der Waals surface area (Å²) in [6, 6.07) is 13.0. The van der Waals surface area contributed by atoms with Crippen molar-refractivity contribution in [2.45, 2.75) is 32.6 Å². The molecule has 188 valence electrons. The zero-order chi connectivity index (χ0) is 24.5. The Hall–Kier alpha value is -3.10. The molecule has 0 spiro atoms. The fourth-order valence-corrected chi connectivity index (χ4v) is 4.57. The fourth-order valence-electron chi connectivity index (χ4n) is 4.57. The van der Waals surface area contributed by atoms with Crippen molar-refractivity contribution in [3.8, 4) is 0 Å². The molecular formula is C27H37N5O3. The van der Waals surface area contributed by atoms with Crippen molar-refractivity contribution in [1.82, 2.24) is 10.2 Å². The van der Waals surface area contributed by atoms with Crippen LogP contribution in [-0.4, -0.2) is 69.3 Å². The Morgan fingerprint density at radius 1 is 0.914 bits per heavy atom. The second kappa shape index (κ2) is 12.6. The third-order valence-corrected chi connectivity index (χ3v) is 6.61. The minimum Gasteiger partial charge on any atom is -0.379 e. The first-order valence-corrected chi connectivity index (χ1v) is 12.8. The van der Waals surface area contributed by atoms with E-state index in [0.717, 1.165) is 83.0 Å². The Labute approximate surface area is 208 Å². The fraction of sp³-hybridized carbons (Fsp3) is 0.481. The van der Waals surface area contributed by atoms with E-state index in [4.69, 9.17) is 4.74 Å². The van der Waals surface area contributed by atoms with Gasteiger partial charge in [-0.25, -0.2) is 4.79 Å². The molecule has 8 nitrogen and oxygen atoms in total. The normalized spacial score (nSPS) is 16.2. The smallest absolute Gasteiger partial charge is 0.323 e. The van der Waals surface area contributed by atoms with E-state index in [9.17, 15) is 9.59 Å². The lowest BCUT2D eigenvalue weighted by atomic mass is 10.1. The van der Waals surface area contributed by atoms with Crippen molar-refractivity contribution in [3.05, 3.63) is 53.6 Å². The number of benzene rings is 2. The molecule has 0 aromatic heterocycles. The van der Waals surface area contributed by atoms with Gasteiger partial charge in [-0.15, -0.1) is 0 Å². The third kappa shape index (κ3) is 7.19. The molecule has 0 aliphatic carbocycles. The number of anilines is 3. The summed E-state index contributed by atoms with van der Waals surface area (Å²) in [4.78, 5) is 30.4. The van der Waals surface area contributed by atoms with Gasteiger partial charge >= 0.3 is 6.03 Å². The number of nitrogens with one attached hydrogen (secondary N) is 3. The molecule has 35 heavy (non-hydrogen) atoms. The first-order chi connectivity index (χ1) is 17.1. The molecule has 4 rings (SSSR count). The van der Waals surface area contributed by atoms with Gasteiger partial charge in [-0.05, 0) is 68.1 Å². The molecule has 3 N–H and O–H groups in total. The van der Waals surface area contributed by atoms with E-state index in [-0.39, 0.29) is 11.9 Å². The van der Waals surface area contributed by atoms with E-state index in [1.54, 1.807) is 6.07 Å². The standard InChI is InChI=1S/C27H37N5O3/c1-2-21-6-8-22(9-7-21)29-27(34)30-23-10-11-25(32-14-3-4-15-32)24(20-23)26(33)28-12-5-13-31-16-18-35-19-17-31/h6-11,20H,2-5,12-19H2,1H3,(H,28,33)(H2,29,30,34). The molecule has 8 heteroatoms. The maximum absolute atomic E-state index is 13.2. The number of aryl methyl sites for hydroxylation is 1. The highest BCUT2D eigenvalue weighted by molar-refractivity contribution is 6.04. The van der Waals surface area contributed by atoms with Crippen LogP contribution in [0.3, 0.4) is 0 Å². The monoisotopic (exact) mass is 479 g/mol. The van der Waals surface area contributed by atoms with E-state index in [1.807, 2.05) is 36.4 Å². The summed E-state index contributed by atoms with van der Waals surface area (Å²) in [6.07, 6.45) is 4.09. The van der Waals surface area contributed by atoms with E-state index < -0.39 is 0 Å². The van der Waals surface area contributed by atoms with Gasteiger partial charge in [0.25, 0.3) is 5.91 Å². The summed E-state index contributed by atoms with van der Waals surface area (Å²) in [7, 11) is 0. The minimum atomic E-state index is -0.333. The number of urea groups is 1. The number of hydrogen-bond acceptors (Lipinski definition) is 5. The van der Waals surface area contributed by atoms with Gasteiger partial charge in [-0.2, -0.15) is 0 Å². The van der Waals surface area contributed by atoms with Crippen molar-refractivity contribution >= 4 is 29.0 Å². The maximum atomic E-state index is 13.2. The number of hydrogen-bond donors (Lipinski definition) is 3. The maximum Gasteiger partial charge on any atom is 0.323 e. The highest BCUT2D eigenvalue weighted by Gasteiger charge is 2.20. The molecule has 2 aliphatic heterocycles. The van der Waals surface area contributed by atoms with Crippen LogP contribution in [0, 0.1) is 0 Å². The van der Waals surface area contributed by atoms with Gasteiger partial charge in [0.05, 0.1) is 18.8 Å². The Morgan fingerprint density at radius 2 is 1.60 bits per heavy atom. The van der Waals surface area contributed by atoms with E-state index in [1.165, 1.54) is 5.56 Å². The predicted octanol–water partition coefficient (Wildman–Crippen LogP) is 3.95. The summed E-state index contributed by atoms with van der Waals surface area (Å²) in [5, 5.41) is 8.82. The molecule has 2 aromatic carbocycles. The number of morpholine rings is 1. The Morgan fingerprint density at radius 3 is 2.31 bits per heavy atom. The van der Waals surface area contributed by atoms with Gasteiger partial charge in [0.2, 0.25) is 0 Å². The van der Waals surface area contributed by atoms with Gasteiger partial charge in [-0.3, -0.25) is 9.69 Å². The largest absolute Gasteiger partial charge is 0.379 e. The molecule has 0 atom stereocenters. The number of carbonyl (C=O) groups is 2. The molecule has 3 amide bonds. The van der Waals surface area contributed by atoms with E-state index in [0.29, 0.717) is 17.8 Å². The van der Waals surface area contributed by atoms with Crippen LogP contribution in [0.15, 0.2) is 42.5 Å².